The minimum absolute atomic E-state index is 0.00131. The molecule has 2 aromatic rings. The van der Waals surface area contributed by atoms with Crippen molar-refractivity contribution in [3.8, 4) is 0 Å². The molecule has 0 aromatic heterocycles. The summed E-state index contributed by atoms with van der Waals surface area (Å²) in [4.78, 5) is 17.1. The van der Waals surface area contributed by atoms with Crippen LogP contribution in [0.2, 0.25) is 0 Å². The van der Waals surface area contributed by atoms with Crippen molar-refractivity contribution < 1.29 is 9.90 Å². The maximum Gasteiger partial charge on any atom is 0.254 e. The molecule has 1 fully saturated rings. The number of fused-ring (bicyclic) bond motifs is 3. The van der Waals surface area contributed by atoms with E-state index in [0.717, 1.165) is 37.1 Å². The Morgan fingerprint density at radius 2 is 1.78 bits per heavy atom. The Labute approximate surface area is 159 Å². The fraction of sp³-hybridized carbons (Fsp3) is 0.409. The first kappa shape index (κ1) is 16.8. The summed E-state index contributed by atoms with van der Waals surface area (Å²) in [5.74, 6) is -0.00131. The van der Waals surface area contributed by atoms with Crippen LogP contribution in [-0.2, 0) is 18.5 Å². The van der Waals surface area contributed by atoms with Crippen molar-refractivity contribution >= 4 is 11.6 Å². The van der Waals surface area contributed by atoms with Gasteiger partial charge in [-0.3, -0.25) is 9.69 Å². The van der Waals surface area contributed by atoms with Gasteiger partial charge in [-0.15, -0.1) is 0 Å². The summed E-state index contributed by atoms with van der Waals surface area (Å²) in [7, 11) is 0. The Morgan fingerprint density at radius 1 is 1.07 bits per heavy atom. The SMILES string of the molecule is Nc1ccc2c(c1)C(=O)N(CC(O)CN1Cc3ccccc3C1)CC21CC1. The van der Waals surface area contributed by atoms with Crippen LogP contribution in [0, 0.1) is 0 Å². The van der Waals surface area contributed by atoms with Crippen LogP contribution in [0.5, 0.6) is 0 Å². The number of benzene rings is 2. The summed E-state index contributed by atoms with van der Waals surface area (Å²) in [6, 6.07) is 14.1. The largest absolute Gasteiger partial charge is 0.399 e. The number of anilines is 1. The van der Waals surface area contributed by atoms with Crippen LogP contribution in [-0.4, -0.2) is 46.6 Å². The number of nitrogen functional groups attached to an aromatic ring is 1. The zero-order chi connectivity index (χ0) is 18.6. The third-order valence-electron chi connectivity index (χ3n) is 6.29. The number of nitrogens with zero attached hydrogens (tertiary/aromatic N) is 2. The van der Waals surface area contributed by atoms with Crippen molar-refractivity contribution in [3.05, 3.63) is 64.7 Å². The van der Waals surface area contributed by atoms with Crippen molar-refractivity contribution in [2.45, 2.75) is 37.5 Å². The van der Waals surface area contributed by atoms with Crippen LogP contribution in [0.4, 0.5) is 5.69 Å². The summed E-state index contributed by atoms with van der Waals surface area (Å²) in [6.45, 7) is 3.39. The van der Waals surface area contributed by atoms with E-state index in [0.29, 0.717) is 25.3 Å². The molecule has 1 unspecified atom stereocenters. The molecular weight excluding hydrogens is 338 g/mol. The Balaban J connectivity index is 1.28. The first-order valence-corrected chi connectivity index (χ1v) is 9.71. The van der Waals surface area contributed by atoms with Crippen molar-refractivity contribution in [2.24, 2.45) is 0 Å². The van der Waals surface area contributed by atoms with E-state index in [9.17, 15) is 9.90 Å². The number of carbonyl (C=O) groups is 1. The van der Waals surface area contributed by atoms with Crippen molar-refractivity contribution in [2.75, 3.05) is 25.4 Å². The zero-order valence-electron chi connectivity index (χ0n) is 15.4. The molecule has 1 spiro atoms. The number of carbonyl (C=O) groups excluding carboxylic acids is 1. The molecule has 2 aliphatic heterocycles. The summed E-state index contributed by atoms with van der Waals surface area (Å²) in [6.07, 6.45) is 1.65. The third-order valence-corrected chi connectivity index (χ3v) is 6.29. The van der Waals surface area contributed by atoms with E-state index < -0.39 is 6.10 Å². The zero-order valence-corrected chi connectivity index (χ0v) is 15.4. The van der Waals surface area contributed by atoms with Gasteiger partial charge in [0.15, 0.2) is 0 Å². The topological polar surface area (TPSA) is 69.8 Å². The standard InChI is InChI=1S/C22H25N3O2/c23-17-5-6-20-19(9-17)21(27)25(14-22(20)7-8-22)13-18(26)12-24-10-15-3-1-2-4-16(15)11-24/h1-6,9,18,26H,7-8,10-14,23H2. The Kier molecular flexibility index (Phi) is 3.78. The second kappa shape index (κ2) is 6.08. The number of rotatable bonds is 4. The molecular formula is C22H25N3O2. The number of hydrogen-bond donors (Lipinski definition) is 2. The lowest BCUT2D eigenvalue weighted by Crippen LogP contribution is -2.48. The molecule has 3 aliphatic rings. The van der Waals surface area contributed by atoms with Gasteiger partial charge in [0.05, 0.1) is 6.10 Å². The highest BCUT2D eigenvalue weighted by Gasteiger charge is 2.51. The second-order valence-electron chi connectivity index (χ2n) is 8.36. The molecule has 5 nitrogen and oxygen atoms in total. The van der Waals surface area contributed by atoms with E-state index in [-0.39, 0.29) is 11.3 Å². The fourth-order valence-electron chi connectivity index (χ4n) is 4.76. The molecule has 2 heterocycles. The van der Waals surface area contributed by atoms with E-state index >= 15 is 0 Å². The van der Waals surface area contributed by atoms with Crippen LogP contribution in [0.1, 0.15) is 39.9 Å². The summed E-state index contributed by atoms with van der Waals surface area (Å²) in [5.41, 5.74) is 11.2. The summed E-state index contributed by atoms with van der Waals surface area (Å²) in [5, 5.41) is 10.7. The van der Waals surface area contributed by atoms with Gasteiger partial charge in [0, 0.05) is 49.4 Å². The van der Waals surface area contributed by atoms with Crippen molar-refractivity contribution in [1.29, 1.82) is 0 Å². The Bertz CT molecular complexity index is 881. The maximum absolute atomic E-state index is 13.0. The van der Waals surface area contributed by atoms with Crippen LogP contribution < -0.4 is 5.73 Å². The van der Waals surface area contributed by atoms with E-state index in [1.807, 2.05) is 17.0 Å². The molecule has 2 aromatic carbocycles. The second-order valence-corrected chi connectivity index (χ2v) is 8.36. The van der Waals surface area contributed by atoms with Crippen molar-refractivity contribution in [3.63, 3.8) is 0 Å². The molecule has 5 rings (SSSR count). The predicted octanol–water partition coefficient (Wildman–Crippen LogP) is 2.13. The fourth-order valence-corrected chi connectivity index (χ4v) is 4.76. The average molecular weight is 363 g/mol. The Hall–Kier alpha value is -2.37. The van der Waals surface area contributed by atoms with E-state index in [4.69, 9.17) is 5.73 Å². The predicted molar refractivity (Wildman–Crippen MR) is 104 cm³/mol. The highest BCUT2D eigenvalue weighted by molar-refractivity contribution is 5.98. The average Bonchev–Trinajstić information content (AvgIpc) is 3.29. The number of hydrogen-bond acceptors (Lipinski definition) is 4. The van der Waals surface area contributed by atoms with Crippen LogP contribution in [0.25, 0.3) is 0 Å². The molecule has 1 atom stereocenters. The summed E-state index contributed by atoms with van der Waals surface area (Å²) < 4.78 is 0. The maximum atomic E-state index is 13.0. The van der Waals surface area contributed by atoms with E-state index in [2.05, 4.69) is 29.2 Å². The molecule has 3 N–H and O–H groups in total. The van der Waals surface area contributed by atoms with Gasteiger partial charge < -0.3 is 15.7 Å². The van der Waals surface area contributed by atoms with Gasteiger partial charge in [-0.2, -0.15) is 0 Å². The normalized spacial score (nSPS) is 21.2. The lowest BCUT2D eigenvalue weighted by molar-refractivity contribution is 0.0471. The minimum atomic E-state index is -0.554. The first-order chi connectivity index (χ1) is 13.0. The number of nitrogens with two attached hydrogens (primary N) is 1. The van der Waals surface area contributed by atoms with Gasteiger partial charge in [0.25, 0.3) is 5.91 Å². The van der Waals surface area contributed by atoms with Crippen molar-refractivity contribution in [1.82, 2.24) is 9.80 Å². The van der Waals surface area contributed by atoms with Gasteiger partial charge >= 0.3 is 0 Å². The highest BCUT2D eigenvalue weighted by atomic mass is 16.3. The Morgan fingerprint density at radius 3 is 2.44 bits per heavy atom. The smallest absolute Gasteiger partial charge is 0.254 e. The van der Waals surface area contributed by atoms with Crippen LogP contribution in [0.15, 0.2) is 42.5 Å². The molecule has 27 heavy (non-hydrogen) atoms. The lowest BCUT2D eigenvalue weighted by atomic mass is 9.86. The number of β-amino-alcohol motifs (C(OH)–C–C–N with tert-alkyl or cyclic N) is 1. The molecule has 140 valence electrons. The summed E-state index contributed by atoms with van der Waals surface area (Å²) >= 11 is 0. The highest BCUT2D eigenvalue weighted by Crippen LogP contribution is 2.52. The van der Waals surface area contributed by atoms with Gasteiger partial charge in [0.1, 0.15) is 0 Å². The lowest BCUT2D eigenvalue weighted by Gasteiger charge is -2.36. The molecule has 5 heteroatoms. The monoisotopic (exact) mass is 363 g/mol. The first-order valence-electron chi connectivity index (χ1n) is 9.71. The van der Waals surface area contributed by atoms with Gasteiger partial charge in [0.2, 0.25) is 0 Å². The minimum Gasteiger partial charge on any atom is -0.399 e. The third kappa shape index (κ3) is 2.91. The van der Waals surface area contributed by atoms with Gasteiger partial charge in [-0.05, 0) is 41.7 Å². The molecule has 0 bridgehead atoms. The van der Waals surface area contributed by atoms with Crippen LogP contribution in [0.3, 0.4) is 0 Å². The van der Waals surface area contributed by atoms with Gasteiger partial charge in [-0.25, -0.2) is 0 Å². The van der Waals surface area contributed by atoms with Gasteiger partial charge in [-0.1, -0.05) is 30.3 Å². The number of amides is 1. The molecule has 0 radical (unpaired) electrons. The molecule has 1 aliphatic carbocycles. The van der Waals surface area contributed by atoms with E-state index in [1.54, 1.807) is 6.07 Å². The number of aliphatic hydroxyl groups is 1. The molecule has 1 saturated carbocycles. The molecule has 0 saturated heterocycles. The molecule has 1 amide bonds. The number of aliphatic hydroxyl groups excluding tert-OH is 1. The van der Waals surface area contributed by atoms with E-state index in [1.165, 1.54) is 11.1 Å². The quantitative estimate of drug-likeness (QED) is 0.817. The van der Waals surface area contributed by atoms with Crippen LogP contribution >= 0.6 is 0 Å².